The lowest BCUT2D eigenvalue weighted by molar-refractivity contribution is -0.302. The van der Waals surface area contributed by atoms with Crippen LogP contribution in [0.2, 0.25) is 0 Å². The predicted molar refractivity (Wildman–Crippen MR) is 227 cm³/mol. The molecule has 0 aromatic heterocycles. The zero-order valence-corrected chi connectivity index (χ0v) is 36.0. The van der Waals surface area contributed by atoms with Gasteiger partial charge in [-0.3, -0.25) is 4.79 Å². The van der Waals surface area contributed by atoms with E-state index in [1.54, 1.807) is 6.08 Å². The lowest BCUT2D eigenvalue weighted by Crippen LogP contribution is -2.60. The molecule has 0 spiro atoms. The third kappa shape index (κ3) is 26.8. The van der Waals surface area contributed by atoms with Crippen LogP contribution in [0.15, 0.2) is 12.2 Å². The van der Waals surface area contributed by atoms with Gasteiger partial charge in [0.2, 0.25) is 5.91 Å². The molecule has 1 saturated heterocycles. The minimum atomic E-state index is -1.61. The maximum Gasteiger partial charge on any atom is 0.249 e. The standard InChI is InChI=1S/C46H89NO9/c1-3-5-7-9-11-13-15-17-18-19-20-21-22-23-25-27-29-31-33-35-40(50)45(54)47-38(37-55-46-44(53)43(52)42(51)41(36-48)56-46)39(49)34-32-30-28-26-24-16-14-12-10-8-6-4-2/h32,34,38-44,46,48-53H,3-31,33,35-37H2,1-2H3,(H,47,54)/b34-32+/t38-,39+,40+,41+,42+,43-,44+,46+/m0/s1. The summed E-state index contributed by atoms with van der Waals surface area (Å²) in [5.41, 5.74) is 0. The van der Waals surface area contributed by atoms with Crippen molar-refractivity contribution in [3.8, 4) is 0 Å². The number of unbranched alkanes of at least 4 members (excludes halogenated alkanes) is 28. The van der Waals surface area contributed by atoms with Gasteiger partial charge >= 0.3 is 0 Å². The third-order valence-electron chi connectivity index (χ3n) is 11.5. The number of rotatable bonds is 39. The fourth-order valence-corrected chi connectivity index (χ4v) is 7.57. The van der Waals surface area contributed by atoms with E-state index in [-0.39, 0.29) is 6.61 Å². The van der Waals surface area contributed by atoms with E-state index < -0.39 is 61.5 Å². The molecule has 0 aliphatic carbocycles. The molecule has 0 aromatic carbocycles. The molecule has 0 bridgehead atoms. The number of allylic oxidation sites excluding steroid dienone is 1. The number of ether oxygens (including phenoxy) is 2. The highest BCUT2D eigenvalue weighted by Gasteiger charge is 2.44. The van der Waals surface area contributed by atoms with E-state index in [2.05, 4.69) is 19.2 Å². The number of carbonyl (C=O) groups excluding carboxylic acids is 1. The summed E-state index contributed by atoms with van der Waals surface area (Å²) in [6.45, 7) is 3.61. The average Bonchev–Trinajstić information content (AvgIpc) is 3.20. The van der Waals surface area contributed by atoms with Gasteiger partial charge in [-0.05, 0) is 19.3 Å². The Morgan fingerprint density at radius 1 is 0.607 bits per heavy atom. The summed E-state index contributed by atoms with van der Waals surface area (Å²) in [6.07, 6.45) is 31.6. The molecule has 10 heteroatoms. The number of hydrogen-bond acceptors (Lipinski definition) is 9. The summed E-state index contributed by atoms with van der Waals surface area (Å²) in [4.78, 5) is 13.0. The van der Waals surface area contributed by atoms with Crippen LogP contribution < -0.4 is 5.32 Å². The molecule has 1 amide bonds. The SMILES string of the molecule is CCCCCCCCCCCC/C=C/[C@@H](O)[C@H](CO[C@@H]1O[C@H](CO)[C@@H](O)[C@H](O)[C@H]1O)NC(=O)[C@H](O)CCCCCCCCCCCCCCCCCCCCC. The van der Waals surface area contributed by atoms with Gasteiger partial charge in [0.15, 0.2) is 6.29 Å². The first-order valence-electron chi connectivity index (χ1n) is 23.5. The van der Waals surface area contributed by atoms with Crippen molar-refractivity contribution >= 4 is 5.91 Å². The van der Waals surface area contributed by atoms with Crippen molar-refractivity contribution in [2.24, 2.45) is 0 Å². The van der Waals surface area contributed by atoms with Crippen LogP contribution in [-0.4, -0.2) is 98.7 Å². The molecule has 1 aliphatic heterocycles. The second kappa shape index (κ2) is 36.9. The molecule has 10 nitrogen and oxygen atoms in total. The van der Waals surface area contributed by atoms with E-state index in [4.69, 9.17) is 9.47 Å². The van der Waals surface area contributed by atoms with Crippen LogP contribution in [0.25, 0.3) is 0 Å². The number of carbonyl (C=O) groups is 1. The van der Waals surface area contributed by atoms with Crippen LogP contribution in [0, 0.1) is 0 Å². The molecular formula is C46H89NO9. The number of hydrogen-bond donors (Lipinski definition) is 7. The monoisotopic (exact) mass is 800 g/mol. The van der Waals surface area contributed by atoms with Gasteiger partial charge in [0.05, 0.1) is 25.4 Å². The molecule has 8 atom stereocenters. The van der Waals surface area contributed by atoms with Crippen molar-refractivity contribution in [1.82, 2.24) is 5.32 Å². The molecule has 332 valence electrons. The minimum Gasteiger partial charge on any atom is -0.394 e. The lowest BCUT2D eigenvalue weighted by Gasteiger charge is -2.40. The third-order valence-corrected chi connectivity index (χ3v) is 11.5. The van der Waals surface area contributed by atoms with Crippen molar-refractivity contribution in [3.05, 3.63) is 12.2 Å². The normalized spacial score (nSPS) is 21.8. The van der Waals surface area contributed by atoms with E-state index >= 15 is 0 Å². The fourth-order valence-electron chi connectivity index (χ4n) is 7.57. The molecular weight excluding hydrogens is 711 g/mol. The lowest BCUT2D eigenvalue weighted by atomic mass is 9.99. The first-order chi connectivity index (χ1) is 27.3. The van der Waals surface area contributed by atoms with Gasteiger partial charge < -0.3 is 45.4 Å². The molecule has 0 unspecified atom stereocenters. The van der Waals surface area contributed by atoms with E-state index in [0.29, 0.717) is 6.42 Å². The largest absolute Gasteiger partial charge is 0.394 e. The van der Waals surface area contributed by atoms with Crippen LogP contribution in [0.4, 0.5) is 0 Å². The first kappa shape index (κ1) is 52.9. The van der Waals surface area contributed by atoms with Crippen molar-refractivity contribution < 1.29 is 44.9 Å². The second-order valence-corrected chi connectivity index (χ2v) is 16.7. The van der Waals surface area contributed by atoms with Crippen molar-refractivity contribution in [2.45, 2.75) is 262 Å². The van der Waals surface area contributed by atoms with E-state index in [9.17, 15) is 35.4 Å². The maximum atomic E-state index is 13.0. The molecule has 0 aromatic rings. The molecule has 1 fully saturated rings. The van der Waals surface area contributed by atoms with E-state index in [1.807, 2.05) is 6.08 Å². The zero-order valence-electron chi connectivity index (χ0n) is 36.0. The van der Waals surface area contributed by atoms with Gasteiger partial charge in [0, 0.05) is 0 Å². The minimum absolute atomic E-state index is 0.301. The molecule has 1 rings (SSSR count). The summed E-state index contributed by atoms with van der Waals surface area (Å²) in [5.74, 6) is -0.614. The summed E-state index contributed by atoms with van der Waals surface area (Å²) in [7, 11) is 0. The number of aliphatic hydroxyl groups excluding tert-OH is 6. The van der Waals surface area contributed by atoms with Gasteiger partial charge in [-0.15, -0.1) is 0 Å². The fraction of sp³-hybridized carbons (Fsp3) is 0.935. The summed E-state index contributed by atoms with van der Waals surface area (Å²) in [5, 5.41) is 64.6. The van der Waals surface area contributed by atoms with Gasteiger partial charge in [-0.25, -0.2) is 0 Å². The number of amides is 1. The number of aliphatic hydroxyl groups is 6. The molecule has 56 heavy (non-hydrogen) atoms. The second-order valence-electron chi connectivity index (χ2n) is 16.7. The van der Waals surface area contributed by atoms with Crippen LogP contribution in [0.3, 0.4) is 0 Å². The topological polar surface area (TPSA) is 169 Å². The highest BCUT2D eigenvalue weighted by atomic mass is 16.7. The summed E-state index contributed by atoms with van der Waals surface area (Å²) in [6, 6.07) is -0.974. The Labute approximate surface area is 342 Å². The van der Waals surface area contributed by atoms with Gasteiger partial charge in [0.25, 0.3) is 0 Å². The highest BCUT2D eigenvalue weighted by Crippen LogP contribution is 2.23. The first-order valence-corrected chi connectivity index (χ1v) is 23.5. The Balaban J connectivity index is 2.36. The molecule has 1 aliphatic rings. The summed E-state index contributed by atoms with van der Waals surface area (Å²) >= 11 is 0. The Hall–Kier alpha value is -1.11. The molecule has 1 heterocycles. The quantitative estimate of drug-likeness (QED) is 0.0238. The highest BCUT2D eigenvalue weighted by molar-refractivity contribution is 5.80. The van der Waals surface area contributed by atoms with E-state index in [0.717, 1.165) is 44.9 Å². The van der Waals surface area contributed by atoms with Crippen molar-refractivity contribution in [1.29, 1.82) is 0 Å². The zero-order chi connectivity index (χ0) is 41.1. The summed E-state index contributed by atoms with van der Waals surface area (Å²) < 4.78 is 11.1. The van der Waals surface area contributed by atoms with Crippen LogP contribution in [-0.2, 0) is 14.3 Å². The van der Waals surface area contributed by atoms with Crippen molar-refractivity contribution in [2.75, 3.05) is 13.2 Å². The average molecular weight is 800 g/mol. The van der Waals surface area contributed by atoms with Gasteiger partial charge in [-0.2, -0.15) is 0 Å². The smallest absolute Gasteiger partial charge is 0.249 e. The van der Waals surface area contributed by atoms with Crippen LogP contribution >= 0.6 is 0 Å². The van der Waals surface area contributed by atoms with E-state index in [1.165, 1.54) is 148 Å². The van der Waals surface area contributed by atoms with Crippen LogP contribution in [0.1, 0.15) is 213 Å². The predicted octanol–water partition coefficient (Wildman–Crippen LogP) is 8.70. The maximum absolute atomic E-state index is 13.0. The number of nitrogens with one attached hydrogen (secondary N) is 1. The Kier molecular flexibility index (Phi) is 34.9. The molecule has 7 N–H and O–H groups in total. The molecule has 0 saturated carbocycles. The van der Waals surface area contributed by atoms with Crippen molar-refractivity contribution in [3.63, 3.8) is 0 Å². The Bertz CT molecular complexity index is 906. The van der Waals surface area contributed by atoms with Gasteiger partial charge in [0.1, 0.15) is 30.5 Å². The van der Waals surface area contributed by atoms with Gasteiger partial charge in [-0.1, -0.05) is 206 Å². The van der Waals surface area contributed by atoms with Crippen LogP contribution in [0.5, 0.6) is 0 Å². The Morgan fingerprint density at radius 3 is 1.45 bits per heavy atom. The molecule has 0 radical (unpaired) electrons. The Morgan fingerprint density at radius 2 is 1.02 bits per heavy atom.